The molecule has 0 heterocycles. The summed E-state index contributed by atoms with van der Waals surface area (Å²) < 4.78 is 0. The van der Waals surface area contributed by atoms with Crippen molar-refractivity contribution in [2.24, 2.45) is 5.73 Å². The second-order valence-electron chi connectivity index (χ2n) is 4.06. The molecule has 0 saturated carbocycles. The molecule has 1 atom stereocenters. The fourth-order valence-corrected chi connectivity index (χ4v) is 1.65. The van der Waals surface area contributed by atoms with Gasteiger partial charge >= 0.3 is 0 Å². The van der Waals surface area contributed by atoms with Gasteiger partial charge in [-0.2, -0.15) is 0 Å². The zero-order chi connectivity index (χ0) is 12.0. The molecule has 4 heteroatoms. The van der Waals surface area contributed by atoms with Crippen molar-refractivity contribution in [2.75, 3.05) is 20.2 Å². The van der Waals surface area contributed by atoms with E-state index in [1.165, 1.54) is 0 Å². The number of likely N-dealkylation sites (N-methyl/N-ethyl adjacent to an activating group) is 1. The van der Waals surface area contributed by atoms with Crippen LogP contribution in [0.4, 0.5) is 0 Å². The molecule has 1 aromatic rings. The normalized spacial score (nSPS) is 13.1. The summed E-state index contributed by atoms with van der Waals surface area (Å²) in [5, 5.41) is 18.0. The average molecular weight is 224 g/mol. The van der Waals surface area contributed by atoms with Crippen molar-refractivity contribution >= 4 is 0 Å². The maximum atomic E-state index is 9.30. The summed E-state index contributed by atoms with van der Waals surface area (Å²) in [7, 11) is 1.91. The lowest BCUT2D eigenvalue weighted by atomic mass is 10.1. The Kier molecular flexibility index (Phi) is 5.42. The van der Waals surface area contributed by atoms with Gasteiger partial charge in [-0.25, -0.2) is 0 Å². The largest absolute Gasteiger partial charge is 0.394 e. The van der Waals surface area contributed by atoms with Gasteiger partial charge in [-0.15, -0.1) is 0 Å². The van der Waals surface area contributed by atoms with Crippen LogP contribution in [0.5, 0.6) is 0 Å². The van der Waals surface area contributed by atoms with Crippen LogP contribution in [0.2, 0.25) is 0 Å². The van der Waals surface area contributed by atoms with Crippen LogP contribution in [0.1, 0.15) is 11.1 Å². The van der Waals surface area contributed by atoms with E-state index in [1.807, 2.05) is 30.1 Å². The predicted octanol–water partition coefficient (Wildman–Crippen LogP) is -0.0697. The molecule has 0 aliphatic carbocycles. The standard InChI is InChI=1S/C12H20N2O2/c1-14(8-12(16)9-15)7-11-4-2-3-10(5-11)6-13/h2-5,12,15-16H,6-9,13H2,1H3. The van der Waals surface area contributed by atoms with Crippen LogP contribution in [0.15, 0.2) is 24.3 Å². The first-order chi connectivity index (χ1) is 7.65. The molecule has 16 heavy (non-hydrogen) atoms. The summed E-state index contributed by atoms with van der Waals surface area (Å²) in [5.41, 5.74) is 7.83. The summed E-state index contributed by atoms with van der Waals surface area (Å²) in [6, 6.07) is 8.06. The van der Waals surface area contributed by atoms with E-state index in [9.17, 15) is 5.11 Å². The Balaban J connectivity index is 2.51. The quantitative estimate of drug-likeness (QED) is 0.632. The molecule has 4 nitrogen and oxygen atoms in total. The average Bonchev–Trinajstić information content (AvgIpc) is 2.28. The number of nitrogens with zero attached hydrogens (tertiary/aromatic N) is 1. The van der Waals surface area contributed by atoms with Gasteiger partial charge in [0.1, 0.15) is 0 Å². The summed E-state index contributed by atoms with van der Waals surface area (Å²) in [6.07, 6.45) is -0.678. The van der Waals surface area contributed by atoms with E-state index < -0.39 is 6.10 Å². The Labute approximate surface area is 96.3 Å². The third-order valence-electron chi connectivity index (χ3n) is 2.41. The molecule has 4 N–H and O–H groups in total. The third-order valence-corrected chi connectivity index (χ3v) is 2.41. The minimum Gasteiger partial charge on any atom is -0.394 e. The summed E-state index contributed by atoms with van der Waals surface area (Å²) >= 11 is 0. The lowest BCUT2D eigenvalue weighted by Crippen LogP contribution is -2.30. The van der Waals surface area contributed by atoms with Crippen molar-refractivity contribution in [3.63, 3.8) is 0 Å². The second kappa shape index (κ2) is 6.60. The van der Waals surface area contributed by atoms with E-state index in [4.69, 9.17) is 10.8 Å². The van der Waals surface area contributed by atoms with E-state index in [0.29, 0.717) is 13.1 Å². The maximum Gasteiger partial charge on any atom is 0.0897 e. The molecule has 0 fully saturated rings. The molecule has 1 aromatic carbocycles. The Morgan fingerprint density at radius 2 is 2.06 bits per heavy atom. The van der Waals surface area contributed by atoms with Crippen LogP contribution in [0.3, 0.4) is 0 Å². The molecule has 0 aliphatic rings. The Morgan fingerprint density at radius 3 is 2.69 bits per heavy atom. The molecule has 1 rings (SSSR count). The van der Waals surface area contributed by atoms with Gasteiger partial charge in [0.05, 0.1) is 12.7 Å². The number of rotatable bonds is 6. The zero-order valence-corrected chi connectivity index (χ0v) is 9.63. The van der Waals surface area contributed by atoms with Gasteiger partial charge in [0, 0.05) is 19.6 Å². The lowest BCUT2D eigenvalue weighted by molar-refractivity contribution is 0.0648. The van der Waals surface area contributed by atoms with E-state index in [2.05, 4.69) is 6.07 Å². The predicted molar refractivity (Wildman–Crippen MR) is 63.8 cm³/mol. The monoisotopic (exact) mass is 224 g/mol. The van der Waals surface area contributed by atoms with E-state index in [-0.39, 0.29) is 6.61 Å². The first-order valence-electron chi connectivity index (χ1n) is 5.41. The molecule has 0 aromatic heterocycles. The van der Waals surface area contributed by atoms with Crippen LogP contribution < -0.4 is 5.73 Å². The van der Waals surface area contributed by atoms with Gasteiger partial charge < -0.3 is 15.9 Å². The fraction of sp³-hybridized carbons (Fsp3) is 0.500. The topological polar surface area (TPSA) is 69.7 Å². The van der Waals surface area contributed by atoms with Crippen molar-refractivity contribution in [1.29, 1.82) is 0 Å². The molecule has 0 spiro atoms. The van der Waals surface area contributed by atoms with Gasteiger partial charge in [-0.1, -0.05) is 24.3 Å². The molecule has 0 bridgehead atoms. The van der Waals surface area contributed by atoms with Gasteiger partial charge in [-0.05, 0) is 18.2 Å². The lowest BCUT2D eigenvalue weighted by Gasteiger charge is -2.19. The number of benzene rings is 1. The zero-order valence-electron chi connectivity index (χ0n) is 9.63. The summed E-state index contributed by atoms with van der Waals surface area (Å²) in [6.45, 7) is 1.54. The van der Waals surface area contributed by atoms with E-state index >= 15 is 0 Å². The van der Waals surface area contributed by atoms with Gasteiger partial charge in [-0.3, -0.25) is 4.90 Å². The van der Waals surface area contributed by atoms with Gasteiger partial charge in [0.25, 0.3) is 0 Å². The van der Waals surface area contributed by atoms with Gasteiger partial charge in [0.2, 0.25) is 0 Å². The van der Waals surface area contributed by atoms with Crippen molar-refractivity contribution in [3.05, 3.63) is 35.4 Å². The molecule has 0 aliphatic heterocycles. The van der Waals surface area contributed by atoms with Crippen molar-refractivity contribution < 1.29 is 10.2 Å². The van der Waals surface area contributed by atoms with Gasteiger partial charge in [0.15, 0.2) is 0 Å². The highest BCUT2D eigenvalue weighted by Gasteiger charge is 2.07. The summed E-state index contributed by atoms with van der Waals surface area (Å²) in [5.74, 6) is 0. The fourth-order valence-electron chi connectivity index (χ4n) is 1.65. The highest BCUT2D eigenvalue weighted by atomic mass is 16.3. The van der Waals surface area contributed by atoms with Crippen LogP contribution in [0, 0.1) is 0 Å². The summed E-state index contributed by atoms with van der Waals surface area (Å²) in [4.78, 5) is 1.97. The van der Waals surface area contributed by atoms with E-state index in [1.54, 1.807) is 0 Å². The smallest absolute Gasteiger partial charge is 0.0897 e. The first kappa shape index (κ1) is 13.1. The minimum atomic E-state index is -0.678. The molecule has 90 valence electrons. The minimum absolute atomic E-state index is 0.201. The van der Waals surface area contributed by atoms with Crippen molar-refractivity contribution in [2.45, 2.75) is 19.2 Å². The molecule has 0 radical (unpaired) electrons. The molecule has 0 amide bonds. The highest BCUT2D eigenvalue weighted by molar-refractivity contribution is 5.23. The number of hydrogen-bond donors (Lipinski definition) is 3. The van der Waals surface area contributed by atoms with Crippen LogP contribution in [0.25, 0.3) is 0 Å². The number of hydrogen-bond acceptors (Lipinski definition) is 4. The number of aliphatic hydroxyl groups excluding tert-OH is 2. The highest BCUT2D eigenvalue weighted by Crippen LogP contribution is 2.07. The SMILES string of the molecule is CN(Cc1cccc(CN)c1)CC(O)CO. The molecule has 1 unspecified atom stereocenters. The maximum absolute atomic E-state index is 9.30. The first-order valence-corrected chi connectivity index (χ1v) is 5.41. The van der Waals surface area contributed by atoms with Crippen molar-refractivity contribution in [3.8, 4) is 0 Å². The molecular weight excluding hydrogens is 204 g/mol. The van der Waals surface area contributed by atoms with Crippen LogP contribution >= 0.6 is 0 Å². The Hall–Kier alpha value is -0.940. The molecular formula is C12H20N2O2. The molecule has 0 saturated heterocycles. The van der Waals surface area contributed by atoms with Crippen molar-refractivity contribution in [1.82, 2.24) is 4.90 Å². The van der Waals surface area contributed by atoms with Crippen LogP contribution in [-0.2, 0) is 13.1 Å². The van der Waals surface area contributed by atoms with Crippen LogP contribution in [-0.4, -0.2) is 41.4 Å². The van der Waals surface area contributed by atoms with E-state index in [0.717, 1.165) is 17.7 Å². The number of aliphatic hydroxyl groups is 2. The second-order valence-corrected chi connectivity index (χ2v) is 4.06. The third kappa shape index (κ3) is 4.28. The number of nitrogens with two attached hydrogens (primary N) is 1. The Bertz CT molecular complexity index is 318. The Morgan fingerprint density at radius 1 is 1.38 bits per heavy atom.